The Morgan fingerprint density at radius 3 is 3.05 bits per heavy atom. The lowest BCUT2D eigenvalue weighted by Crippen LogP contribution is -2.43. The monoisotopic (exact) mass is 296 g/mol. The number of nitrogens with zero attached hydrogens (tertiary/aromatic N) is 2. The first-order valence-electron chi connectivity index (χ1n) is 8.05. The van der Waals surface area contributed by atoms with Gasteiger partial charge in [-0.05, 0) is 50.7 Å². The first kappa shape index (κ1) is 15.0. The van der Waals surface area contributed by atoms with E-state index in [4.69, 9.17) is 4.98 Å². The summed E-state index contributed by atoms with van der Waals surface area (Å²) in [6.07, 6.45) is 11.4. The van der Waals surface area contributed by atoms with Crippen molar-refractivity contribution in [3.05, 3.63) is 48.2 Å². The number of hydrogen-bond acceptors (Lipinski definition) is 3. The zero-order valence-electron chi connectivity index (χ0n) is 13.2. The minimum absolute atomic E-state index is 0.229. The molecule has 1 saturated heterocycles. The van der Waals surface area contributed by atoms with Crippen molar-refractivity contribution in [1.29, 1.82) is 0 Å². The lowest BCUT2D eigenvalue weighted by atomic mass is 9.92. The summed E-state index contributed by atoms with van der Waals surface area (Å²) in [4.78, 5) is 12.7. The Kier molecular flexibility index (Phi) is 4.39. The zero-order chi connectivity index (χ0) is 15.5. The number of aromatic amines is 1. The first-order chi connectivity index (χ1) is 10.7. The fourth-order valence-corrected chi connectivity index (χ4v) is 3.32. The van der Waals surface area contributed by atoms with Crippen LogP contribution < -0.4 is 5.32 Å². The van der Waals surface area contributed by atoms with Gasteiger partial charge in [0.15, 0.2) is 0 Å². The molecular weight excluding hydrogens is 272 g/mol. The van der Waals surface area contributed by atoms with E-state index in [1.54, 1.807) is 6.20 Å². The third-order valence-corrected chi connectivity index (χ3v) is 4.38. The zero-order valence-corrected chi connectivity index (χ0v) is 13.2. The number of allylic oxidation sites excluding steroid dienone is 1. The molecule has 0 spiro atoms. The summed E-state index contributed by atoms with van der Waals surface area (Å²) in [7, 11) is 0. The number of piperidine rings is 1. The number of imidazole rings is 1. The average molecular weight is 296 g/mol. The number of aromatic nitrogens is 2. The fourth-order valence-electron chi connectivity index (χ4n) is 3.32. The molecule has 2 heterocycles. The van der Waals surface area contributed by atoms with Gasteiger partial charge in [-0.15, -0.1) is 0 Å². The van der Waals surface area contributed by atoms with E-state index < -0.39 is 0 Å². The number of rotatable bonds is 4. The number of nitrogens with one attached hydrogen (secondary N) is 2. The van der Waals surface area contributed by atoms with E-state index in [0.717, 1.165) is 54.9 Å². The fraction of sp³-hybridized carbons (Fsp3) is 0.444. The SMILES string of the molecule is C=CN=C(C(=C)C)C1CCCC(c2nc3c([nH]2)CCC=C3)N1. The molecule has 1 aromatic rings. The van der Waals surface area contributed by atoms with Crippen LogP contribution in [0.3, 0.4) is 0 Å². The van der Waals surface area contributed by atoms with Crippen molar-refractivity contribution in [3.8, 4) is 0 Å². The van der Waals surface area contributed by atoms with Crippen molar-refractivity contribution in [2.24, 2.45) is 4.99 Å². The van der Waals surface area contributed by atoms with Crippen LogP contribution in [0, 0.1) is 0 Å². The predicted molar refractivity (Wildman–Crippen MR) is 91.9 cm³/mol. The lowest BCUT2D eigenvalue weighted by Gasteiger charge is -2.31. The van der Waals surface area contributed by atoms with Crippen molar-refractivity contribution >= 4 is 11.8 Å². The van der Waals surface area contributed by atoms with Gasteiger partial charge in [0.2, 0.25) is 0 Å². The molecule has 0 bridgehead atoms. The van der Waals surface area contributed by atoms with Gasteiger partial charge < -0.3 is 4.98 Å². The van der Waals surface area contributed by atoms with Gasteiger partial charge in [0.25, 0.3) is 0 Å². The van der Waals surface area contributed by atoms with Crippen LogP contribution in [0.25, 0.3) is 6.08 Å². The highest BCUT2D eigenvalue weighted by atomic mass is 15.1. The minimum atomic E-state index is 0.229. The summed E-state index contributed by atoms with van der Waals surface area (Å²) in [6.45, 7) is 9.77. The number of aryl methyl sites for hydroxylation is 1. The van der Waals surface area contributed by atoms with E-state index >= 15 is 0 Å². The lowest BCUT2D eigenvalue weighted by molar-refractivity contribution is 0.365. The number of fused-ring (bicyclic) bond motifs is 1. The van der Waals surface area contributed by atoms with Crippen LogP contribution in [-0.4, -0.2) is 21.7 Å². The topological polar surface area (TPSA) is 53.1 Å². The van der Waals surface area contributed by atoms with Gasteiger partial charge in [-0.1, -0.05) is 19.2 Å². The van der Waals surface area contributed by atoms with Crippen LogP contribution in [-0.2, 0) is 6.42 Å². The molecule has 2 atom stereocenters. The van der Waals surface area contributed by atoms with Crippen molar-refractivity contribution in [2.45, 2.75) is 51.1 Å². The molecule has 1 aromatic heterocycles. The largest absolute Gasteiger partial charge is 0.344 e. The Morgan fingerprint density at radius 1 is 1.45 bits per heavy atom. The molecule has 22 heavy (non-hydrogen) atoms. The van der Waals surface area contributed by atoms with Crippen molar-refractivity contribution in [1.82, 2.24) is 15.3 Å². The molecule has 2 aliphatic rings. The van der Waals surface area contributed by atoms with Gasteiger partial charge in [0, 0.05) is 11.9 Å². The molecule has 0 radical (unpaired) electrons. The average Bonchev–Trinajstić information content (AvgIpc) is 2.96. The standard InChI is InChI=1S/C18H24N4/c1-4-19-17(12(2)3)15-10-7-11-16(20-15)18-21-13-8-5-6-9-14(13)22-18/h4-5,8,15-16,20H,1-2,6-7,9-11H2,3H3,(H,21,22). The van der Waals surface area contributed by atoms with E-state index in [1.165, 1.54) is 5.69 Å². The van der Waals surface area contributed by atoms with E-state index in [0.29, 0.717) is 0 Å². The summed E-state index contributed by atoms with van der Waals surface area (Å²) in [5, 5.41) is 3.69. The van der Waals surface area contributed by atoms with Gasteiger partial charge >= 0.3 is 0 Å². The molecule has 1 fully saturated rings. The summed E-state index contributed by atoms with van der Waals surface area (Å²) < 4.78 is 0. The molecule has 1 aliphatic heterocycles. The van der Waals surface area contributed by atoms with Crippen molar-refractivity contribution < 1.29 is 0 Å². The Hall–Kier alpha value is -1.94. The molecule has 4 nitrogen and oxygen atoms in total. The molecule has 2 N–H and O–H groups in total. The summed E-state index contributed by atoms with van der Waals surface area (Å²) in [5.74, 6) is 1.06. The van der Waals surface area contributed by atoms with Crippen LogP contribution in [0.15, 0.2) is 36.0 Å². The Morgan fingerprint density at radius 2 is 2.32 bits per heavy atom. The molecule has 0 aromatic carbocycles. The van der Waals surface area contributed by atoms with E-state index in [2.05, 4.69) is 40.6 Å². The Labute approximate surface area is 132 Å². The van der Waals surface area contributed by atoms with Gasteiger partial charge in [0.05, 0.1) is 23.5 Å². The van der Waals surface area contributed by atoms with Crippen LogP contribution >= 0.6 is 0 Å². The van der Waals surface area contributed by atoms with Crippen LogP contribution in [0.2, 0.25) is 0 Å². The highest BCUT2D eigenvalue weighted by Crippen LogP contribution is 2.27. The van der Waals surface area contributed by atoms with Gasteiger partial charge in [0.1, 0.15) is 5.82 Å². The highest BCUT2D eigenvalue weighted by Gasteiger charge is 2.28. The quantitative estimate of drug-likeness (QED) is 0.832. The molecule has 4 heteroatoms. The third-order valence-electron chi connectivity index (χ3n) is 4.38. The molecule has 0 amide bonds. The maximum absolute atomic E-state index is 4.77. The molecule has 3 rings (SSSR count). The van der Waals surface area contributed by atoms with E-state index in [9.17, 15) is 0 Å². The third kappa shape index (κ3) is 2.97. The summed E-state index contributed by atoms with van der Waals surface area (Å²) >= 11 is 0. The maximum Gasteiger partial charge on any atom is 0.124 e. The molecule has 116 valence electrons. The minimum Gasteiger partial charge on any atom is -0.344 e. The first-order valence-corrected chi connectivity index (χ1v) is 8.05. The van der Waals surface area contributed by atoms with Gasteiger partial charge in [-0.25, -0.2) is 4.98 Å². The second-order valence-electron chi connectivity index (χ2n) is 6.11. The molecule has 1 aliphatic carbocycles. The number of hydrogen-bond donors (Lipinski definition) is 2. The molecule has 2 unspecified atom stereocenters. The second-order valence-corrected chi connectivity index (χ2v) is 6.11. The van der Waals surface area contributed by atoms with Gasteiger partial charge in [-0.3, -0.25) is 10.3 Å². The summed E-state index contributed by atoms with van der Waals surface area (Å²) in [5.41, 5.74) is 4.38. The smallest absolute Gasteiger partial charge is 0.124 e. The van der Waals surface area contributed by atoms with E-state index in [1.807, 2.05) is 6.92 Å². The van der Waals surface area contributed by atoms with Crippen LogP contribution in [0.5, 0.6) is 0 Å². The maximum atomic E-state index is 4.77. The highest BCUT2D eigenvalue weighted by molar-refractivity contribution is 6.03. The van der Waals surface area contributed by atoms with Gasteiger partial charge in [-0.2, -0.15) is 0 Å². The van der Waals surface area contributed by atoms with Crippen LogP contribution in [0.1, 0.15) is 55.9 Å². The number of H-pyrrole nitrogens is 1. The Balaban J connectivity index is 1.79. The molecular formula is C18H24N4. The van der Waals surface area contributed by atoms with Crippen molar-refractivity contribution in [3.63, 3.8) is 0 Å². The van der Waals surface area contributed by atoms with Crippen LogP contribution in [0.4, 0.5) is 0 Å². The summed E-state index contributed by atoms with van der Waals surface area (Å²) in [6, 6.07) is 0.485. The van der Waals surface area contributed by atoms with Crippen molar-refractivity contribution in [2.75, 3.05) is 0 Å². The normalized spacial score (nSPS) is 24.9. The predicted octanol–water partition coefficient (Wildman–Crippen LogP) is 3.71. The second kappa shape index (κ2) is 6.44. The Bertz CT molecular complexity index is 636. The molecule has 0 saturated carbocycles. The number of aliphatic imine (C=N–C) groups is 1. The van der Waals surface area contributed by atoms with E-state index in [-0.39, 0.29) is 12.1 Å².